The first-order valence-electron chi connectivity index (χ1n) is 13.5. The van der Waals surface area contributed by atoms with Crippen LogP contribution in [0.4, 0.5) is 5.69 Å². The molecule has 1 aliphatic rings. The Hall–Kier alpha value is -4.28. The normalized spacial score (nSPS) is 15.1. The van der Waals surface area contributed by atoms with Crippen molar-refractivity contribution in [3.63, 3.8) is 0 Å². The van der Waals surface area contributed by atoms with Crippen molar-refractivity contribution in [2.75, 3.05) is 40.3 Å². The van der Waals surface area contributed by atoms with E-state index in [9.17, 15) is 19.2 Å². The number of ether oxygens (including phenoxy) is 4. The maximum atomic E-state index is 13.6. The molecule has 222 valence electrons. The van der Waals surface area contributed by atoms with Gasteiger partial charge in [0.2, 0.25) is 23.0 Å². The summed E-state index contributed by atoms with van der Waals surface area (Å²) in [6, 6.07) is 5.53. The number of anilines is 1. The fourth-order valence-electron chi connectivity index (χ4n) is 5.04. The number of carbonyl (C=O) groups excluding carboxylic acids is 3. The van der Waals surface area contributed by atoms with Crippen LogP contribution < -0.4 is 35.6 Å². The monoisotopic (exact) mass is 569 g/mol. The van der Waals surface area contributed by atoms with Crippen molar-refractivity contribution in [3.8, 4) is 28.4 Å². The molecular formula is C30H39N3O8. The Labute approximate surface area is 239 Å². The third-order valence-electron chi connectivity index (χ3n) is 7.36. The first kappa shape index (κ1) is 31.3. The molecule has 1 aliphatic carbocycles. The highest BCUT2D eigenvalue weighted by atomic mass is 16.5. The van der Waals surface area contributed by atoms with Gasteiger partial charge >= 0.3 is 5.97 Å². The van der Waals surface area contributed by atoms with Crippen LogP contribution in [0.25, 0.3) is 11.1 Å². The van der Waals surface area contributed by atoms with E-state index in [2.05, 4.69) is 20.7 Å². The zero-order valence-corrected chi connectivity index (χ0v) is 24.6. The zero-order valence-electron chi connectivity index (χ0n) is 24.6. The Morgan fingerprint density at radius 2 is 1.73 bits per heavy atom. The minimum absolute atomic E-state index is 0.167. The lowest BCUT2D eigenvalue weighted by Gasteiger charge is -2.23. The quantitative estimate of drug-likeness (QED) is 0.348. The lowest BCUT2D eigenvalue weighted by molar-refractivity contribution is -0.141. The van der Waals surface area contributed by atoms with E-state index in [4.69, 9.17) is 14.2 Å². The number of carbonyl (C=O) groups is 3. The Morgan fingerprint density at radius 3 is 2.32 bits per heavy atom. The molecular weight excluding hydrogens is 530 g/mol. The lowest BCUT2D eigenvalue weighted by atomic mass is 9.95. The van der Waals surface area contributed by atoms with Crippen molar-refractivity contribution in [2.24, 2.45) is 5.92 Å². The number of aryl methyl sites for hydroxylation is 1. The van der Waals surface area contributed by atoms with E-state index in [1.165, 1.54) is 34.3 Å². The van der Waals surface area contributed by atoms with Crippen LogP contribution in [0.15, 0.2) is 29.1 Å². The van der Waals surface area contributed by atoms with E-state index in [1.54, 1.807) is 19.2 Å². The van der Waals surface area contributed by atoms with Gasteiger partial charge in [-0.1, -0.05) is 26.3 Å². The highest BCUT2D eigenvalue weighted by Crippen LogP contribution is 2.50. The molecule has 2 aromatic carbocycles. The molecule has 0 aliphatic heterocycles. The molecule has 0 fully saturated rings. The van der Waals surface area contributed by atoms with Gasteiger partial charge in [-0.25, -0.2) is 0 Å². The second kappa shape index (κ2) is 13.9. The predicted molar refractivity (Wildman–Crippen MR) is 155 cm³/mol. The van der Waals surface area contributed by atoms with Gasteiger partial charge in [-0.3, -0.25) is 19.2 Å². The predicted octanol–water partition coefficient (Wildman–Crippen LogP) is 2.98. The molecule has 0 unspecified atom stereocenters. The highest BCUT2D eigenvalue weighted by Gasteiger charge is 2.30. The number of hydrogen-bond donors (Lipinski definition) is 3. The van der Waals surface area contributed by atoms with E-state index in [-0.39, 0.29) is 29.5 Å². The first-order chi connectivity index (χ1) is 19.6. The fraction of sp³-hybridized carbons (Fsp3) is 0.467. The van der Waals surface area contributed by atoms with Gasteiger partial charge in [0.05, 0.1) is 40.2 Å². The van der Waals surface area contributed by atoms with Crippen LogP contribution in [0.3, 0.4) is 0 Å². The van der Waals surface area contributed by atoms with E-state index in [1.807, 2.05) is 19.9 Å². The first-order valence-corrected chi connectivity index (χ1v) is 13.5. The molecule has 0 saturated heterocycles. The summed E-state index contributed by atoms with van der Waals surface area (Å²) in [6.07, 6.45) is 1.74. The molecule has 11 nitrogen and oxygen atoms in total. The van der Waals surface area contributed by atoms with Crippen molar-refractivity contribution in [1.82, 2.24) is 10.6 Å². The van der Waals surface area contributed by atoms with Crippen LogP contribution in [0.2, 0.25) is 0 Å². The number of fused-ring (bicyclic) bond motifs is 3. The molecule has 41 heavy (non-hydrogen) atoms. The summed E-state index contributed by atoms with van der Waals surface area (Å²) in [4.78, 5) is 50.5. The Morgan fingerprint density at radius 1 is 1.02 bits per heavy atom. The van der Waals surface area contributed by atoms with Gasteiger partial charge in [-0.15, -0.1) is 0 Å². The van der Waals surface area contributed by atoms with Crippen LogP contribution in [-0.2, 0) is 25.5 Å². The number of nitrogens with one attached hydrogen (secondary N) is 3. The molecule has 3 rings (SSSR count). The average molecular weight is 570 g/mol. The number of rotatable bonds is 11. The van der Waals surface area contributed by atoms with Gasteiger partial charge in [0.25, 0.3) is 0 Å². The van der Waals surface area contributed by atoms with Crippen molar-refractivity contribution < 1.29 is 33.3 Å². The highest BCUT2D eigenvalue weighted by molar-refractivity contribution is 5.88. The van der Waals surface area contributed by atoms with Gasteiger partial charge in [-0.05, 0) is 53.6 Å². The number of esters is 1. The Bertz CT molecular complexity index is 1360. The van der Waals surface area contributed by atoms with Crippen LogP contribution in [0.5, 0.6) is 17.2 Å². The summed E-state index contributed by atoms with van der Waals surface area (Å²) < 4.78 is 21.6. The smallest absolute Gasteiger partial charge is 0.325 e. The molecule has 3 atom stereocenters. The van der Waals surface area contributed by atoms with Crippen LogP contribution >= 0.6 is 0 Å². The molecule has 0 heterocycles. The van der Waals surface area contributed by atoms with E-state index in [0.29, 0.717) is 47.6 Å². The van der Waals surface area contributed by atoms with Crippen molar-refractivity contribution in [1.29, 1.82) is 0 Å². The molecule has 0 spiro atoms. The Kier molecular flexibility index (Phi) is 10.6. The number of methoxy groups -OCH3 is 4. The summed E-state index contributed by atoms with van der Waals surface area (Å²) in [7, 11) is 5.84. The van der Waals surface area contributed by atoms with Gasteiger partial charge in [0.15, 0.2) is 11.5 Å². The minimum Gasteiger partial charge on any atom is -0.493 e. The summed E-state index contributed by atoms with van der Waals surface area (Å²) >= 11 is 0. The Balaban J connectivity index is 2.21. The largest absolute Gasteiger partial charge is 0.493 e. The third-order valence-corrected chi connectivity index (χ3v) is 7.36. The SMILES string of the molecule is CC[C@@H](C)[C@H](Nc1ccc2c(cc1=O)[C@@H](NC(C)=O)CCc1cc(OC)c(OC)c(OC)c1-2)C(=O)NCC(=O)OC. The lowest BCUT2D eigenvalue weighted by Crippen LogP contribution is -2.46. The summed E-state index contributed by atoms with van der Waals surface area (Å²) in [5, 5.41) is 8.66. The van der Waals surface area contributed by atoms with Gasteiger partial charge in [0.1, 0.15) is 12.6 Å². The summed E-state index contributed by atoms with van der Waals surface area (Å²) in [6.45, 7) is 4.96. The van der Waals surface area contributed by atoms with Crippen molar-refractivity contribution in [2.45, 2.75) is 52.1 Å². The summed E-state index contributed by atoms with van der Waals surface area (Å²) in [5.41, 5.74) is 2.75. The average Bonchev–Trinajstić information content (AvgIpc) is 3.20. The molecule has 11 heteroatoms. The molecule has 0 saturated carbocycles. The standard InChI is InChI=1S/C30H39N3O8/c1-8-16(2)27(30(37)31-15-25(36)39-5)33-22-12-10-19-20(14-23(22)35)21(32-17(3)34)11-9-18-13-24(38-4)28(40-6)29(41-7)26(18)19/h10,12-14,16,21,27H,8-9,11,15H2,1-7H3,(H,31,37)(H,32,34)(H,33,35)/t16-,21+,27+/m1/s1. The number of benzene rings is 1. The zero-order chi connectivity index (χ0) is 30.3. The van der Waals surface area contributed by atoms with E-state index in [0.717, 1.165) is 11.1 Å². The fourth-order valence-corrected chi connectivity index (χ4v) is 5.04. The van der Waals surface area contributed by atoms with Crippen LogP contribution in [0.1, 0.15) is 50.8 Å². The topological polar surface area (TPSA) is 141 Å². The molecule has 0 bridgehead atoms. The van der Waals surface area contributed by atoms with Crippen molar-refractivity contribution >= 4 is 23.5 Å². The number of hydrogen-bond acceptors (Lipinski definition) is 9. The molecule has 0 radical (unpaired) electrons. The molecule has 3 N–H and O–H groups in total. The second-order valence-electron chi connectivity index (χ2n) is 9.90. The summed E-state index contributed by atoms with van der Waals surface area (Å²) in [5.74, 6) is -0.0560. The van der Waals surface area contributed by atoms with Gasteiger partial charge in [-0.2, -0.15) is 0 Å². The molecule has 2 aromatic rings. The maximum Gasteiger partial charge on any atom is 0.325 e. The third kappa shape index (κ3) is 6.90. The van der Waals surface area contributed by atoms with E-state index >= 15 is 0 Å². The van der Waals surface area contributed by atoms with Gasteiger partial charge in [0, 0.05) is 12.5 Å². The number of amides is 2. The van der Waals surface area contributed by atoms with E-state index < -0.39 is 24.0 Å². The maximum absolute atomic E-state index is 13.6. The molecule has 0 aromatic heterocycles. The second-order valence-corrected chi connectivity index (χ2v) is 9.90. The minimum atomic E-state index is -0.795. The van der Waals surface area contributed by atoms with Crippen LogP contribution in [-0.4, -0.2) is 58.8 Å². The van der Waals surface area contributed by atoms with Gasteiger partial charge < -0.3 is 34.9 Å². The van der Waals surface area contributed by atoms with Crippen molar-refractivity contribution in [3.05, 3.63) is 45.6 Å². The molecule has 2 amide bonds. The van der Waals surface area contributed by atoms with Crippen LogP contribution in [0, 0.1) is 5.92 Å².